The summed E-state index contributed by atoms with van der Waals surface area (Å²) < 4.78 is 5.84. The van der Waals surface area contributed by atoms with Crippen LogP contribution in [0.2, 0.25) is 0 Å². The third-order valence-corrected chi connectivity index (χ3v) is 4.62. The standard InChI is InChI=1S/C18H26N2O2/c1-13(2)22-17-6-4-3-5-14(17)11-18(21)20-15-7-8-16(20)12-19-10-9-15/h3-6,13,15-16,19H,7-12H2,1-2H3. The predicted octanol–water partition coefficient (Wildman–Crippen LogP) is 2.37. The zero-order valence-electron chi connectivity index (χ0n) is 13.5. The second-order valence-corrected chi connectivity index (χ2v) is 6.63. The van der Waals surface area contributed by atoms with Gasteiger partial charge in [0.15, 0.2) is 0 Å². The second-order valence-electron chi connectivity index (χ2n) is 6.63. The van der Waals surface area contributed by atoms with E-state index in [0.717, 1.165) is 43.7 Å². The average Bonchev–Trinajstić information content (AvgIpc) is 2.74. The topological polar surface area (TPSA) is 41.6 Å². The quantitative estimate of drug-likeness (QED) is 0.928. The summed E-state index contributed by atoms with van der Waals surface area (Å²) in [6.07, 6.45) is 3.92. The number of carbonyl (C=O) groups is 1. The van der Waals surface area contributed by atoms with Gasteiger partial charge in [0.1, 0.15) is 5.75 Å². The number of nitrogens with one attached hydrogen (secondary N) is 1. The minimum Gasteiger partial charge on any atom is -0.491 e. The third-order valence-electron chi connectivity index (χ3n) is 4.62. The van der Waals surface area contributed by atoms with Crippen LogP contribution in [0.4, 0.5) is 0 Å². The molecule has 2 bridgehead atoms. The summed E-state index contributed by atoms with van der Waals surface area (Å²) in [6, 6.07) is 8.71. The molecule has 22 heavy (non-hydrogen) atoms. The summed E-state index contributed by atoms with van der Waals surface area (Å²) in [5.74, 6) is 1.09. The van der Waals surface area contributed by atoms with Gasteiger partial charge in [0, 0.05) is 24.2 Å². The molecule has 0 saturated carbocycles. The molecule has 2 saturated heterocycles. The van der Waals surface area contributed by atoms with Crippen LogP contribution in [0, 0.1) is 0 Å². The fourth-order valence-corrected chi connectivity index (χ4v) is 3.66. The van der Waals surface area contributed by atoms with Crippen molar-refractivity contribution in [2.75, 3.05) is 13.1 Å². The summed E-state index contributed by atoms with van der Waals surface area (Å²) in [5, 5.41) is 3.45. The summed E-state index contributed by atoms with van der Waals surface area (Å²) >= 11 is 0. The van der Waals surface area contributed by atoms with E-state index in [1.807, 2.05) is 38.1 Å². The van der Waals surface area contributed by atoms with Gasteiger partial charge >= 0.3 is 0 Å². The molecule has 4 nitrogen and oxygen atoms in total. The number of rotatable bonds is 4. The maximum Gasteiger partial charge on any atom is 0.227 e. The van der Waals surface area contributed by atoms with Crippen LogP contribution >= 0.6 is 0 Å². The maximum absolute atomic E-state index is 12.9. The maximum atomic E-state index is 12.9. The number of hydrogen-bond donors (Lipinski definition) is 1. The van der Waals surface area contributed by atoms with Crippen LogP contribution < -0.4 is 10.1 Å². The molecule has 1 N–H and O–H groups in total. The highest BCUT2D eigenvalue weighted by Gasteiger charge is 2.37. The smallest absolute Gasteiger partial charge is 0.227 e. The predicted molar refractivity (Wildman–Crippen MR) is 87.1 cm³/mol. The molecule has 2 fully saturated rings. The van der Waals surface area contributed by atoms with Gasteiger partial charge in [-0.25, -0.2) is 0 Å². The Balaban J connectivity index is 1.74. The van der Waals surface area contributed by atoms with Gasteiger partial charge in [-0.1, -0.05) is 18.2 Å². The molecule has 2 heterocycles. The fraction of sp³-hybridized carbons (Fsp3) is 0.611. The Labute approximate surface area is 132 Å². The molecule has 2 aliphatic rings. The Morgan fingerprint density at radius 3 is 2.86 bits per heavy atom. The van der Waals surface area contributed by atoms with E-state index >= 15 is 0 Å². The van der Waals surface area contributed by atoms with Crippen LogP contribution in [0.3, 0.4) is 0 Å². The Bertz CT molecular complexity index is 516. The Kier molecular flexibility index (Phi) is 4.67. The molecule has 0 aromatic heterocycles. The third kappa shape index (κ3) is 3.27. The second kappa shape index (κ2) is 6.69. The highest BCUT2D eigenvalue weighted by atomic mass is 16.5. The van der Waals surface area contributed by atoms with Gasteiger partial charge in [-0.05, 0) is 45.7 Å². The molecular formula is C18H26N2O2. The number of carbonyl (C=O) groups excluding carboxylic acids is 1. The van der Waals surface area contributed by atoms with Crippen LogP contribution in [0.5, 0.6) is 5.75 Å². The van der Waals surface area contributed by atoms with Crippen LogP contribution in [0.15, 0.2) is 24.3 Å². The van der Waals surface area contributed by atoms with Crippen molar-refractivity contribution in [3.8, 4) is 5.75 Å². The Morgan fingerprint density at radius 2 is 2.05 bits per heavy atom. The SMILES string of the molecule is CC(C)Oc1ccccc1CC(=O)N1C2CCNCC1CC2. The first-order valence-corrected chi connectivity index (χ1v) is 8.41. The lowest BCUT2D eigenvalue weighted by Gasteiger charge is -2.28. The average molecular weight is 302 g/mol. The molecule has 3 rings (SSSR count). The molecule has 120 valence electrons. The van der Waals surface area contributed by atoms with Crippen molar-refractivity contribution in [2.24, 2.45) is 0 Å². The first-order valence-electron chi connectivity index (χ1n) is 8.41. The van der Waals surface area contributed by atoms with Crippen LogP contribution in [-0.4, -0.2) is 42.1 Å². The normalized spacial score (nSPS) is 24.4. The zero-order chi connectivity index (χ0) is 15.5. The van der Waals surface area contributed by atoms with Crippen molar-refractivity contribution < 1.29 is 9.53 Å². The number of ether oxygens (including phenoxy) is 1. The lowest BCUT2D eigenvalue weighted by molar-refractivity contribution is -0.133. The van der Waals surface area contributed by atoms with Crippen molar-refractivity contribution in [3.05, 3.63) is 29.8 Å². The number of benzene rings is 1. The first kappa shape index (κ1) is 15.3. The zero-order valence-corrected chi connectivity index (χ0v) is 13.5. The van der Waals surface area contributed by atoms with Gasteiger partial charge in [0.2, 0.25) is 5.91 Å². The van der Waals surface area contributed by atoms with Gasteiger partial charge in [0.25, 0.3) is 0 Å². The van der Waals surface area contributed by atoms with E-state index in [2.05, 4.69) is 10.2 Å². The fourth-order valence-electron chi connectivity index (χ4n) is 3.66. The largest absolute Gasteiger partial charge is 0.491 e. The molecular weight excluding hydrogens is 276 g/mol. The van der Waals surface area contributed by atoms with Gasteiger partial charge in [-0.3, -0.25) is 4.79 Å². The van der Waals surface area contributed by atoms with Gasteiger partial charge in [-0.2, -0.15) is 0 Å². The number of nitrogens with zero attached hydrogens (tertiary/aromatic N) is 1. The van der Waals surface area contributed by atoms with Crippen LogP contribution in [-0.2, 0) is 11.2 Å². The van der Waals surface area contributed by atoms with E-state index < -0.39 is 0 Å². The highest BCUT2D eigenvalue weighted by Crippen LogP contribution is 2.29. The number of fused-ring (bicyclic) bond motifs is 2. The van der Waals surface area contributed by atoms with Crippen LogP contribution in [0.1, 0.15) is 38.7 Å². The van der Waals surface area contributed by atoms with Gasteiger partial charge in [0.05, 0.1) is 12.5 Å². The van der Waals surface area contributed by atoms with E-state index in [-0.39, 0.29) is 12.0 Å². The Hall–Kier alpha value is -1.55. The molecule has 0 radical (unpaired) electrons. The van der Waals surface area contributed by atoms with E-state index in [0.29, 0.717) is 18.5 Å². The van der Waals surface area contributed by atoms with Crippen molar-refractivity contribution in [3.63, 3.8) is 0 Å². The molecule has 4 heteroatoms. The molecule has 0 aliphatic carbocycles. The number of hydrogen-bond acceptors (Lipinski definition) is 3. The molecule has 1 aromatic rings. The Morgan fingerprint density at radius 1 is 1.27 bits per heavy atom. The minimum atomic E-state index is 0.120. The van der Waals surface area contributed by atoms with E-state index in [9.17, 15) is 4.79 Å². The lowest BCUT2D eigenvalue weighted by atomic mass is 10.1. The molecule has 2 atom stereocenters. The first-order chi connectivity index (χ1) is 10.6. The highest BCUT2D eigenvalue weighted by molar-refractivity contribution is 5.80. The van der Waals surface area contributed by atoms with Gasteiger partial charge < -0.3 is 15.0 Å². The van der Waals surface area contributed by atoms with E-state index in [1.165, 1.54) is 0 Å². The molecule has 2 unspecified atom stereocenters. The van der Waals surface area contributed by atoms with Crippen molar-refractivity contribution in [1.82, 2.24) is 10.2 Å². The van der Waals surface area contributed by atoms with E-state index in [1.54, 1.807) is 0 Å². The molecule has 2 aliphatic heterocycles. The van der Waals surface area contributed by atoms with Crippen molar-refractivity contribution >= 4 is 5.91 Å². The summed E-state index contributed by atoms with van der Waals surface area (Å²) in [7, 11) is 0. The number of para-hydroxylation sites is 1. The monoisotopic (exact) mass is 302 g/mol. The number of amides is 1. The molecule has 0 spiro atoms. The summed E-state index contributed by atoms with van der Waals surface area (Å²) in [6.45, 7) is 5.99. The summed E-state index contributed by atoms with van der Waals surface area (Å²) in [4.78, 5) is 15.0. The minimum absolute atomic E-state index is 0.120. The lowest BCUT2D eigenvalue weighted by Crippen LogP contribution is -2.43. The van der Waals surface area contributed by atoms with E-state index in [4.69, 9.17) is 4.74 Å². The van der Waals surface area contributed by atoms with Crippen molar-refractivity contribution in [1.29, 1.82) is 0 Å². The van der Waals surface area contributed by atoms with Crippen LogP contribution in [0.25, 0.3) is 0 Å². The summed E-state index contributed by atoms with van der Waals surface area (Å²) in [5.41, 5.74) is 0.998. The molecule has 1 aromatic carbocycles. The van der Waals surface area contributed by atoms with Gasteiger partial charge in [-0.15, -0.1) is 0 Å². The van der Waals surface area contributed by atoms with Crippen molar-refractivity contribution in [2.45, 2.75) is 57.7 Å². The molecule has 1 amide bonds.